The molecule has 0 bridgehead atoms. The summed E-state index contributed by atoms with van der Waals surface area (Å²) in [7, 11) is 3.69. The van der Waals surface area contributed by atoms with Gasteiger partial charge in [0.25, 0.3) is 5.91 Å². The molecule has 0 atom stereocenters. The number of nitrogens with one attached hydrogen (secondary N) is 1. The van der Waals surface area contributed by atoms with E-state index in [0.29, 0.717) is 12.2 Å². The van der Waals surface area contributed by atoms with E-state index in [9.17, 15) is 4.79 Å². The summed E-state index contributed by atoms with van der Waals surface area (Å²) in [5.74, 6) is -0.0652. The average Bonchev–Trinajstić information content (AvgIpc) is 2.88. The molecule has 2 rings (SSSR count). The standard InChI is InChI=1S/C12H16IN5O/c1-7-9(8(2)18(4)16-7)6-17(3)12(19)11-10(13)5-14-15-11/h5H,6H2,1-4H3,(H,14,15). The van der Waals surface area contributed by atoms with Crippen LogP contribution in [0.1, 0.15) is 27.4 Å². The predicted octanol–water partition coefficient (Wildman–Crippen LogP) is 1.64. The van der Waals surface area contributed by atoms with Crippen molar-refractivity contribution >= 4 is 28.5 Å². The molecule has 2 aromatic rings. The van der Waals surface area contributed by atoms with Gasteiger partial charge in [-0.05, 0) is 36.4 Å². The Morgan fingerprint density at radius 3 is 2.68 bits per heavy atom. The monoisotopic (exact) mass is 373 g/mol. The van der Waals surface area contributed by atoms with Crippen LogP contribution in [0.2, 0.25) is 0 Å². The second-order valence-corrected chi connectivity index (χ2v) is 5.69. The Hall–Kier alpha value is -1.38. The Labute approximate surface area is 125 Å². The molecule has 0 aliphatic rings. The van der Waals surface area contributed by atoms with Crippen molar-refractivity contribution in [2.75, 3.05) is 7.05 Å². The summed E-state index contributed by atoms with van der Waals surface area (Å²) in [6, 6.07) is 0. The molecular weight excluding hydrogens is 357 g/mol. The van der Waals surface area contributed by atoms with Gasteiger partial charge in [0, 0.05) is 31.9 Å². The largest absolute Gasteiger partial charge is 0.336 e. The minimum Gasteiger partial charge on any atom is -0.336 e. The number of hydrogen-bond donors (Lipinski definition) is 1. The zero-order valence-corrected chi connectivity index (χ0v) is 13.5. The zero-order chi connectivity index (χ0) is 14.2. The minimum absolute atomic E-state index is 0.0652. The SMILES string of the molecule is Cc1nn(C)c(C)c1CN(C)C(=O)c1[nH]ncc1I. The maximum atomic E-state index is 12.3. The van der Waals surface area contributed by atoms with Gasteiger partial charge in [0.05, 0.1) is 15.5 Å². The molecule has 0 aromatic carbocycles. The molecular formula is C12H16IN5O. The van der Waals surface area contributed by atoms with Crippen LogP contribution in [0, 0.1) is 17.4 Å². The van der Waals surface area contributed by atoms with E-state index in [2.05, 4.69) is 37.9 Å². The molecule has 0 saturated heterocycles. The van der Waals surface area contributed by atoms with Gasteiger partial charge in [-0.25, -0.2) is 0 Å². The average molecular weight is 373 g/mol. The Morgan fingerprint density at radius 1 is 1.53 bits per heavy atom. The highest BCUT2D eigenvalue weighted by Gasteiger charge is 2.19. The van der Waals surface area contributed by atoms with E-state index in [4.69, 9.17) is 0 Å². The molecule has 0 unspecified atom stereocenters. The Kier molecular flexibility index (Phi) is 3.93. The fourth-order valence-electron chi connectivity index (χ4n) is 1.97. The number of carbonyl (C=O) groups excluding carboxylic acids is 1. The smallest absolute Gasteiger partial charge is 0.273 e. The van der Waals surface area contributed by atoms with Crippen molar-refractivity contribution in [2.45, 2.75) is 20.4 Å². The second-order valence-electron chi connectivity index (χ2n) is 4.53. The fraction of sp³-hybridized carbons (Fsp3) is 0.417. The lowest BCUT2D eigenvalue weighted by Gasteiger charge is -2.16. The quantitative estimate of drug-likeness (QED) is 0.832. The molecule has 0 aliphatic heterocycles. The van der Waals surface area contributed by atoms with Crippen molar-refractivity contribution < 1.29 is 4.79 Å². The van der Waals surface area contributed by atoms with Crippen molar-refractivity contribution in [1.82, 2.24) is 24.9 Å². The number of aromatic nitrogens is 4. The first-order chi connectivity index (χ1) is 8.91. The molecule has 0 spiro atoms. The molecule has 1 N–H and O–H groups in total. The summed E-state index contributed by atoms with van der Waals surface area (Å²) in [4.78, 5) is 14.0. The number of halogens is 1. The number of H-pyrrole nitrogens is 1. The molecule has 0 fully saturated rings. The van der Waals surface area contributed by atoms with Crippen molar-refractivity contribution in [3.05, 3.63) is 32.4 Å². The molecule has 2 heterocycles. The number of carbonyl (C=O) groups is 1. The predicted molar refractivity (Wildman–Crippen MR) is 79.8 cm³/mol. The molecule has 1 amide bonds. The number of aryl methyl sites for hydroxylation is 2. The summed E-state index contributed by atoms with van der Waals surface area (Å²) in [5.41, 5.74) is 3.66. The van der Waals surface area contributed by atoms with Crippen LogP contribution < -0.4 is 0 Å². The first kappa shape index (κ1) is 14.0. The number of nitrogens with zero attached hydrogens (tertiary/aromatic N) is 4. The maximum Gasteiger partial charge on any atom is 0.273 e. The van der Waals surface area contributed by atoms with Crippen molar-refractivity contribution in [1.29, 1.82) is 0 Å². The van der Waals surface area contributed by atoms with Crippen molar-refractivity contribution in [3.63, 3.8) is 0 Å². The van der Waals surface area contributed by atoms with Crippen LogP contribution in [-0.2, 0) is 13.6 Å². The van der Waals surface area contributed by atoms with Crippen molar-refractivity contribution in [3.8, 4) is 0 Å². The van der Waals surface area contributed by atoms with Gasteiger partial charge in [-0.1, -0.05) is 0 Å². The zero-order valence-electron chi connectivity index (χ0n) is 11.4. The van der Waals surface area contributed by atoms with Gasteiger partial charge < -0.3 is 4.90 Å². The van der Waals surface area contributed by atoms with Crippen LogP contribution >= 0.6 is 22.6 Å². The van der Waals surface area contributed by atoms with E-state index in [-0.39, 0.29) is 5.91 Å². The number of rotatable bonds is 3. The minimum atomic E-state index is -0.0652. The molecule has 0 radical (unpaired) electrons. The van der Waals surface area contributed by atoms with E-state index < -0.39 is 0 Å². The highest BCUT2D eigenvalue weighted by Crippen LogP contribution is 2.16. The highest BCUT2D eigenvalue weighted by molar-refractivity contribution is 14.1. The van der Waals surface area contributed by atoms with E-state index in [1.54, 1.807) is 18.1 Å². The lowest BCUT2D eigenvalue weighted by atomic mass is 10.2. The lowest BCUT2D eigenvalue weighted by molar-refractivity contribution is 0.0778. The van der Waals surface area contributed by atoms with Crippen LogP contribution in [0.3, 0.4) is 0 Å². The van der Waals surface area contributed by atoms with Gasteiger partial charge in [-0.15, -0.1) is 0 Å². The molecule has 0 aliphatic carbocycles. The first-order valence-corrected chi connectivity index (χ1v) is 6.93. The maximum absolute atomic E-state index is 12.3. The molecule has 7 heteroatoms. The summed E-state index contributed by atoms with van der Waals surface area (Å²) in [6.45, 7) is 4.51. The lowest BCUT2D eigenvalue weighted by Crippen LogP contribution is -2.27. The number of hydrogen-bond acceptors (Lipinski definition) is 3. The van der Waals surface area contributed by atoms with Crippen LogP contribution in [0.5, 0.6) is 0 Å². The van der Waals surface area contributed by atoms with Crippen LogP contribution in [0.4, 0.5) is 0 Å². The molecule has 19 heavy (non-hydrogen) atoms. The third kappa shape index (κ3) is 2.65. The molecule has 0 saturated carbocycles. The second kappa shape index (κ2) is 5.32. The van der Waals surface area contributed by atoms with E-state index in [0.717, 1.165) is 20.5 Å². The third-order valence-electron chi connectivity index (χ3n) is 3.21. The Morgan fingerprint density at radius 2 is 2.21 bits per heavy atom. The topological polar surface area (TPSA) is 66.8 Å². The Bertz CT molecular complexity index is 616. The summed E-state index contributed by atoms with van der Waals surface area (Å²) >= 11 is 2.09. The van der Waals surface area contributed by atoms with Gasteiger partial charge in [0.15, 0.2) is 0 Å². The first-order valence-electron chi connectivity index (χ1n) is 5.85. The number of amides is 1. The summed E-state index contributed by atoms with van der Waals surface area (Å²) in [6.07, 6.45) is 1.64. The number of aromatic amines is 1. The fourth-order valence-corrected chi connectivity index (χ4v) is 2.46. The van der Waals surface area contributed by atoms with Gasteiger partial charge in [0.2, 0.25) is 0 Å². The van der Waals surface area contributed by atoms with E-state index in [1.807, 2.05) is 25.6 Å². The normalized spacial score (nSPS) is 10.8. The van der Waals surface area contributed by atoms with Crippen LogP contribution in [0.25, 0.3) is 0 Å². The Balaban J connectivity index is 2.20. The summed E-state index contributed by atoms with van der Waals surface area (Å²) < 4.78 is 2.66. The van der Waals surface area contributed by atoms with Gasteiger partial charge in [-0.2, -0.15) is 10.2 Å². The van der Waals surface area contributed by atoms with Gasteiger partial charge in [-0.3, -0.25) is 14.6 Å². The van der Waals surface area contributed by atoms with Crippen LogP contribution in [0.15, 0.2) is 6.20 Å². The van der Waals surface area contributed by atoms with E-state index in [1.165, 1.54) is 0 Å². The van der Waals surface area contributed by atoms with Crippen LogP contribution in [-0.4, -0.2) is 37.8 Å². The molecule has 6 nitrogen and oxygen atoms in total. The molecule has 2 aromatic heterocycles. The van der Waals surface area contributed by atoms with Crippen molar-refractivity contribution in [2.24, 2.45) is 7.05 Å². The highest BCUT2D eigenvalue weighted by atomic mass is 127. The van der Waals surface area contributed by atoms with Gasteiger partial charge >= 0.3 is 0 Å². The van der Waals surface area contributed by atoms with E-state index >= 15 is 0 Å². The van der Waals surface area contributed by atoms with Gasteiger partial charge in [0.1, 0.15) is 5.69 Å². The third-order valence-corrected chi connectivity index (χ3v) is 4.03. The summed E-state index contributed by atoms with van der Waals surface area (Å²) in [5, 5.41) is 11.0. The molecule has 102 valence electrons.